The van der Waals surface area contributed by atoms with Crippen LogP contribution in [0, 0.1) is 0 Å². The maximum Gasteiger partial charge on any atom is 0.146 e. The number of anilines is 6. The minimum absolute atomic E-state index is 0.0828. The number of hydrogen-bond acceptors (Lipinski definition) is 10. The van der Waals surface area contributed by atoms with Crippen LogP contribution in [0.25, 0.3) is 0 Å². The molecule has 0 radical (unpaired) electrons. The van der Waals surface area contributed by atoms with Crippen LogP contribution in [-0.2, 0) is 0 Å². The number of phenols is 2. The van der Waals surface area contributed by atoms with Crippen LogP contribution in [0.4, 0.5) is 34.1 Å². The predicted molar refractivity (Wildman–Crippen MR) is 149 cm³/mol. The molecular formula is C28H28N6O4. The summed E-state index contributed by atoms with van der Waals surface area (Å²) in [6.07, 6.45) is 0.456. The summed E-state index contributed by atoms with van der Waals surface area (Å²) in [4.78, 5) is 0. The van der Waals surface area contributed by atoms with Gasteiger partial charge in [-0.1, -0.05) is 24.3 Å². The zero-order valence-electron chi connectivity index (χ0n) is 20.7. The number of rotatable bonds is 8. The highest BCUT2D eigenvalue weighted by Crippen LogP contribution is 2.38. The molecule has 0 saturated carbocycles. The molecular weight excluding hydrogens is 484 g/mol. The Morgan fingerprint density at radius 1 is 0.658 bits per heavy atom. The SMILES string of the molecule is CC(CCOc1ccc(N2Nc3ccccc3N2)c(O)c1)Oc1ccc(N2Nc3ccccc3N2)c(O)c1. The first-order valence-corrected chi connectivity index (χ1v) is 12.3. The van der Waals surface area contributed by atoms with E-state index >= 15 is 0 Å². The van der Waals surface area contributed by atoms with Gasteiger partial charge in [0, 0.05) is 18.6 Å². The second kappa shape index (κ2) is 9.74. The Morgan fingerprint density at radius 3 is 1.58 bits per heavy atom. The topological polar surface area (TPSA) is 114 Å². The van der Waals surface area contributed by atoms with E-state index in [1.165, 1.54) is 0 Å². The summed E-state index contributed by atoms with van der Waals surface area (Å²) in [5, 5.41) is 24.5. The molecule has 194 valence electrons. The second-order valence-electron chi connectivity index (χ2n) is 9.08. The molecule has 6 rings (SSSR count). The standard InChI is InChI=1S/C28H28N6O4/c1-18(38-20-11-13-26(28(36)17-20)34-31-23-8-4-5-9-24(23)32-34)14-15-37-19-10-12-25(27(35)16-19)33-29-21-6-2-3-7-22(21)30-33/h2-13,16-18,29-32,35-36H,14-15H2,1H3. The van der Waals surface area contributed by atoms with Crippen molar-refractivity contribution in [2.45, 2.75) is 19.4 Å². The smallest absolute Gasteiger partial charge is 0.146 e. The van der Waals surface area contributed by atoms with Crippen molar-refractivity contribution in [3.05, 3.63) is 84.9 Å². The number of aromatic hydroxyl groups is 2. The quantitative estimate of drug-likeness (QED) is 0.176. The molecule has 0 aromatic heterocycles. The van der Waals surface area contributed by atoms with E-state index in [-0.39, 0.29) is 17.6 Å². The van der Waals surface area contributed by atoms with Crippen LogP contribution in [0.3, 0.4) is 0 Å². The maximum atomic E-state index is 10.6. The first-order chi connectivity index (χ1) is 18.5. The number of fused-ring (bicyclic) bond motifs is 2. The lowest BCUT2D eigenvalue weighted by molar-refractivity contribution is 0.176. The Morgan fingerprint density at radius 2 is 1.11 bits per heavy atom. The van der Waals surface area contributed by atoms with Gasteiger partial charge in [-0.05, 0) is 55.5 Å². The monoisotopic (exact) mass is 512 g/mol. The third-order valence-corrected chi connectivity index (χ3v) is 6.29. The van der Waals surface area contributed by atoms with Gasteiger partial charge in [0.2, 0.25) is 0 Å². The molecule has 10 nitrogen and oxygen atoms in total. The molecule has 1 atom stereocenters. The number of nitrogens with one attached hydrogen (secondary N) is 4. The van der Waals surface area contributed by atoms with Crippen molar-refractivity contribution in [3.63, 3.8) is 0 Å². The Labute approximate surface area is 219 Å². The zero-order valence-corrected chi connectivity index (χ0v) is 20.7. The highest BCUT2D eigenvalue weighted by molar-refractivity contribution is 5.81. The lowest BCUT2D eigenvalue weighted by Crippen LogP contribution is -2.29. The van der Waals surface area contributed by atoms with E-state index in [4.69, 9.17) is 9.47 Å². The minimum Gasteiger partial charge on any atom is -0.505 e. The van der Waals surface area contributed by atoms with E-state index < -0.39 is 0 Å². The van der Waals surface area contributed by atoms with Gasteiger partial charge in [-0.15, -0.1) is 0 Å². The van der Waals surface area contributed by atoms with Crippen LogP contribution in [0.1, 0.15) is 13.3 Å². The number of ether oxygens (including phenoxy) is 2. The van der Waals surface area contributed by atoms with E-state index in [9.17, 15) is 10.2 Å². The Bertz CT molecular complexity index is 1420. The fourth-order valence-electron chi connectivity index (χ4n) is 4.32. The molecule has 4 aromatic rings. The van der Waals surface area contributed by atoms with Crippen LogP contribution in [0.15, 0.2) is 84.9 Å². The summed E-state index contributed by atoms with van der Waals surface area (Å²) in [6.45, 7) is 2.34. The first kappa shape index (κ1) is 23.3. The van der Waals surface area contributed by atoms with Gasteiger partial charge < -0.3 is 19.7 Å². The van der Waals surface area contributed by atoms with Crippen LogP contribution >= 0.6 is 0 Å². The summed E-state index contributed by atoms with van der Waals surface area (Å²) in [7, 11) is 0. The molecule has 10 heteroatoms. The largest absolute Gasteiger partial charge is 0.505 e. The van der Waals surface area contributed by atoms with Gasteiger partial charge in [0.05, 0.1) is 35.5 Å². The number of hydrazine groups is 4. The van der Waals surface area contributed by atoms with Crippen molar-refractivity contribution in [3.8, 4) is 23.0 Å². The fraction of sp³-hybridized carbons (Fsp3) is 0.143. The van der Waals surface area contributed by atoms with Gasteiger partial charge in [-0.25, -0.2) is 0 Å². The zero-order chi connectivity index (χ0) is 26.1. The van der Waals surface area contributed by atoms with Crippen LogP contribution in [0.2, 0.25) is 0 Å². The van der Waals surface area contributed by atoms with Gasteiger partial charge >= 0.3 is 0 Å². The van der Waals surface area contributed by atoms with Crippen molar-refractivity contribution in [1.29, 1.82) is 0 Å². The van der Waals surface area contributed by atoms with Crippen molar-refractivity contribution in [1.82, 2.24) is 0 Å². The third-order valence-electron chi connectivity index (χ3n) is 6.29. The van der Waals surface area contributed by atoms with Crippen LogP contribution in [-0.4, -0.2) is 22.9 Å². The normalized spacial score (nSPS) is 13.9. The van der Waals surface area contributed by atoms with Gasteiger partial charge in [-0.3, -0.25) is 21.7 Å². The lowest BCUT2D eigenvalue weighted by atomic mass is 10.2. The number of para-hydroxylation sites is 4. The van der Waals surface area contributed by atoms with E-state index in [0.29, 0.717) is 35.9 Å². The van der Waals surface area contributed by atoms with Crippen LogP contribution in [0.5, 0.6) is 23.0 Å². The van der Waals surface area contributed by atoms with Gasteiger partial charge in [0.25, 0.3) is 0 Å². The van der Waals surface area contributed by atoms with E-state index in [1.807, 2.05) is 67.6 Å². The summed E-state index contributed by atoms with van der Waals surface area (Å²) in [5.41, 5.74) is 17.7. The Balaban J connectivity index is 0.996. The Hall–Kier alpha value is -5.12. The van der Waals surface area contributed by atoms with Gasteiger partial charge in [-0.2, -0.15) is 10.2 Å². The number of nitrogens with zero attached hydrogens (tertiary/aromatic N) is 2. The maximum absolute atomic E-state index is 10.6. The highest BCUT2D eigenvalue weighted by Gasteiger charge is 2.22. The molecule has 0 fully saturated rings. The molecule has 2 heterocycles. The molecule has 0 spiro atoms. The average Bonchev–Trinajstić information content (AvgIpc) is 3.53. The summed E-state index contributed by atoms with van der Waals surface area (Å²) >= 11 is 0. The molecule has 0 amide bonds. The van der Waals surface area contributed by atoms with Crippen molar-refractivity contribution in [2.75, 3.05) is 38.5 Å². The molecule has 1 unspecified atom stereocenters. The van der Waals surface area contributed by atoms with Crippen molar-refractivity contribution < 1.29 is 19.7 Å². The molecule has 0 bridgehead atoms. The van der Waals surface area contributed by atoms with E-state index in [1.54, 1.807) is 34.5 Å². The van der Waals surface area contributed by atoms with E-state index in [2.05, 4.69) is 21.7 Å². The lowest BCUT2D eigenvalue weighted by Gasteiger charge is -2.21. The Kier molecular flexibility index (Phi) is 5.97. The number of phenolic OH excluding ortho intramolecular Hbond substituents is 2. The first-order valence-electron chi connectivity index (χ1n) is 12.3. The molecule has 38 heavy (non-hydrogen) atoms. The van der Waals surface area contributed by atoms with Crippen LogP contribution < -0.4 is 41.4 Å². The van der Waals surface area contributed by atoms with Crippen molar-refractivity contribution in [2.24, 2.45) is 0 Å². The van der Waals surface area contributed by atoms with Crippen molar-refractivity contribution >= 4 is 34.1 Å². The fourth-order valence-corrected chi connectivity index (χ4v) is 4.32. The van der Waals surface area contributed by atoms with E-state index in [0.717, 1.165) is 22.7 Å². The molecule has 0 aliphatic carbocycles. The summed E-state index contributed by atoms with van der Waals surface area (Å²) in [5.74, 6) is 1.28. The summed E-state index contributed by atoms with van der Waals surface area (Å²) < 4.78 is 11.8. The average molecular weight is 513 g/mol. The minimum atomic E-state index is -0.156. The highest BCUT2D eigenvalue weighted by atomic mass is 16.5. The third kappa shape index (κ3) is 4.66. The molecule has 6 N–H and O–H groups in total. The number of hydrogen-bond donors (Lipinski definition) is 6. The van der Waals surface area contributed by atoms with Gasteiger partial charge in [0.1, 0.15) is 34.4 Å². The second-order valence-corrected chi connectivity index (χ2v) is 9.08. The molecule has 4 aromatic carbocycles. The number of benzene rings is 4. The molecule has 2 aliphatic heterocycles. The molecule has 0 saturated heterocycles. The summed E-state index contributed by atoms with van der Waals surface area (Å²) in [6, 6.07) is 26.0. The predicted octanol–water partition coefficient (Wildman–Crippen LogP) is 5.68. The molecule has 2 aliphatic rings. The van der Waals surface area contributed by atoms with Gasteiger partial charge in [0.15, 0.2) is 0 Å².